The highest BCUT2D eigenvalue weighted by Gasteiger charge is 2.08. The van der Waals surface area contributed by atoms with Crippen molar-refractivity contribution in [2.75, 3.05) is 0 Å². The molecule has 0 fully saturated rings. The van der Waals surface area contributed by atoms with E-state index in [0.717, 1.165) is 21.3 Å². The Kier molecular flexibility index (Phi) is 5.75. The second kappa shape index (κ2) is 9.00. The third-order valence-electron chi connectivity index (χ3n) is 5.45. The van der Waals surface area contributed by atoms with Crippen LogP contribution < -0.4 is 10.3 Å². The lowest BCUT2D eigenvalue weighted by molar-refractivity contribution is 0.307. The van der Waals surface area contributed by atoms with Gasteiger partial charge >= 0.3 is 0 Å². The number of aromatic nitrogens is 2. The highest BCUT2D eigenvalue weighted by molar-refractivity contribution is 9.10. The molecule has 0 spiro atoms. The van der Waals surface area contributed by atoms with Crippen molar-refractivity contribution in [2.45, 2.75) is 13.5 Å². The summed E-state index contributed by atoms with van der Waals surface area (Å²) in [6, 6.07) is 27.6. The Morgan fingerprint density at radius 3 is 2.61 bits per heavy atom. The molecular weight excluding hydrogens is 478 g/mol. The van der Waals surface area contributed by atoms with E-state index in [2.05, 4.69) is 50.3 Å². The predicted molar refractivity (Wildman–Crippen MR) is 136 cm³/mol. The molecule has 5 aromatic rings. The Hall–Kier alpha value is -3.77. The van der Waals surface area contributed by atoms with Crippen LogP contribution in [0.4, 0.5) is 0 Å². The minimum Gasteiger partial charge on any atom is -0.489 e. The lowest BCUT2D eigenvalue weighted by Crippen LogP contribution is -2.20. The van der Waals surface area contributed by atoms with E-state index in [0.29, 0.717) is 23.3 Å². The molecule has 5 rings (SSSR count). The number of hydrogen-bond donors (Lipinski definition) is 0. The summed E-state index contributed by atoms with van der Waals surface area (Å²) in [6.07, 6.45) is 1.65. The molecule has 5 nitrogen and oxygen atoms in total. The van der Waals surface area contributed by atoms with Gasteiger partial charge in [-0.25, -0.2) is 4.98 Å². The number of rotatable bonds is 5. The van der Waals surface area contributed by atoms with Crippen molar-refractivity contribution in [2.24, 2.45) is 5.10 Å². The number of benzene rings is 4. The molecule has 0 aliphatic rings. The molecule has 4 aromatic carbocycles. The smallest absolute Gasteiger partial charge is 0.282 e. The predicted octanol–water partition coefficient (Wildman–Crippen LogP) is 6.08. The van der Waals surface area contributed by atoms with Gasteiger partial charge in [0.2, 0.25) is 0 Å². The van der Waals surface area contributed by atoms with Crippen LogP contribution in [-0.2, 0) is 6.61 Å². The summed E-state index contributed by atoms with van der Waals surface area (Å²) in [7, 11) is 0. The van der Waals surface area contributed by atoms with Gasteiger partial charge in [-0.15, -0.1) is 0 Å². The average Bonchev–Trinajstić information content (AvgIpc) is 2.84. The van der Waals surface area contributed by atoms with Crippen molar-refractivity contribution in [1.82, 2.24) is 9.66 Å². The quantitative estimate of drug-likeness (QED) is 0.276. The maximum absolute atomic E-state index is 12.9. The third kappa shape index (κ3) is 4.43. The number of aryl methyl sites for hydroxylation is 1. The fourth-order valence-corrected chi connectivity index (χ4v) is 4.11. The summed E-state index contributed by atoms with van der Waals surface area (Å²) in [5, 5.41) is 7.29. The van der Waals surface area contributed by atoms with Gasteiger partial charge in [-0.1, -0.05) is 58.4 Å². The lowest BCUT2D eigenvalue weighted by Gasteiger charge is -2.09. The van der Waals surface area contributed by atoms with Crippen LogP contribution in [0.3, 0.4) is 0 Å². The largest absolute Gasteiger partial charge is 0.489 e. The van der Waals surface area contributed by atoms with Gasteiger partial charge in [-0.2, -0.15) is 9.78 Å². The minimum atomic E-state index is -0.204. The van der Waals surface area contributed by atoms with Crippen LogP contribution in [0.15, 0.2) is 99.3 Å². The summed E-state index contributed by atoms with van der Waals surface area (Å²) in [5.41, 5.74) is 2.45. The van der Waals surface area contributed by atoms with Crippen LogP contribution >= 0.6 is 15.9 Å². The molecule has 0 atom stereocenters. The van der Waals surface area contributed by atoms with E-state index in [1.807, 2.05) is 54.6 Å². The Morgan fingerprint density at radius 2 is 1.76 bits per heavy atom. The lowest BCUT2D eigenvalue weighted by atomic mass is 10.1. The molecule has 0 bridgehead atoms. The van der Waals surface area contributed by atoms with E-state index in [-0.39, 0.29) is 5.56 Å². The summed E-state index contributed by atoms with van der Waals surface area (Å²) >= 11 is 3.41. The summed E-state index contributed by atoms with van der Waals surface area (Å²) in [5.74, 6) is 1.30. The Morgan fingerprint density at radius 1 is 0.970 bits per heavy atom. The van der Waals surface area contributed by atoms with Gasteiger partial charge in [0.05, 0.1) is 17.1 Å². The first-order valence-electron chi connectivity index (χ1n) is 10.5. The van der Waals surface area contributed by atoms with Crippen molar-refractivity contribution in [3.8, 4) is 5.75 Å². The van der Waals surface area contributed by atoms with Crippen molar-refractivity contribution in [3.05, 3.63) is 117 Å². The molecule has 6 heteroatoms. The van der Waals surface area contributed by atoms with E-state index in [4.69, 9.17) is 4.74 Å². The summed E-state index contributed by atoms with van der Waals surface area (Å²) in [6.45, 7) is 2.26. The zero-order valence-corrected chi connectivity index (χ0v) is 19.5. The molecule has 162 valence electrons. The van der Waals surface area contributed by atoms with Crippen molar-refractivity contribution < 1.29 is 4.74 Å². The number of hydrogen-bond acceptors (Lipinski definition) is 4. The van der Waals surface area contributed by atoms with Gasteiger partial charge in [-0.05, 0) is 71.3 Å². The third-order valence-corrected chi connectivity index (χ3v) is 5.94. The molecule has 0 aliphatic heterocycles. The van der Waals surface area contributed by atoms with Crippen molar-refractivity contribution in [3.63, 3.8) is 0 Å². The Bertz CT molecular complexity index is 1550. The zero-order chi connectivity index (χ0) is 22.8. The maximum Gasteiger partial charge on any atom is 0.282 e. The number of ether oxygens (including phenoxy) is 1. The Balaban J connectivity index is 1.33. The molecule has 1 aromatic heterocycles. The Labute approximate surface area is 199 Å². The molecule has 0 unspecified atom stereocenters. The second-order valence-corrected chi connectivity index (χ2v) is 8.59. The molecule has 0 saturated carbocycles. The topological polar surface area (TPSA) is 56.5 Å². The van der Waals surface area contributed by atoms with Crippen LogP contribution in [0.5, 0.6) is 5.75 Å². The van der Waals surface area contributed by atoms with Crippen LogP contribution in [0.2, 0.25) is 0 Å². The standard InChI is InChI=1S/C27H20BrN3O2/c1-18-30-26-14-11-22(28)15-25(26)27(32)31(18)29-16-19-9-12-23(13-10-19)33-17-21-7-4-6-20-5-2-3-8-24(20)21/h2-16H,17H2,1H3. The number of nitrogens with zero attached hydrogens (tertiary/aromatic N) is 3. The molecule has 0 radical (unpaired) electrons. The first-order chi connectivity index (χ1) is 16.1. The highest BCUT2D eigenvalue weighted by Crippen LogP contribution is 2.21. The summed E-state index contributed by atoms with van der Waals surface area (Å²) in [4.78, 5) is 17.3. The van der Waals surface area contributed by atoms with Crippen LogP contribution in [0.25, 0.3) is 21.7 Å². The van der Waals surface area contributed by atoms with Gasteiger partial charge in [0.1, 0.15) is 18.2 Å². The highest BCUT2D eigenvalue weighted by atomic mass is 79.9. The molecule has 0 aliphatic carbocycles. The van der Waals surface area contributed by atoms with Gasteiger partial charge in [0.15, 0.2) is 0 Å². The van der Waals surface area contributed by atoms with E-state index >= 15 is 0 Å². The van der Waals surface area contributed by atoms with Crippen molar-refractivity contribution in [1.29, 1.82) is 0 Å². The van der Waals surface area contributed by atoms with E-state index < -0.39 is 0 Å². The molecule has 1 heterocycles. The first-order valence-corrected chi connectivity index (χ1v) is 11.3. The SMILES string of the molecule is Cc1nc2ccc(Br)cc2c(=O)n1N=Cc1ccc(OCc2cccc3ccccc23)cc1. The van der Waals surface area contributed by atoms with E-state index in [9.17, 15) is 4.79 Å². The van der Waals surface area contributed by atoms with Crippen LogP contribution in [0.1, 0.15) is 17.0 Å². The minimum absolute atomic E-state index is 0.204. The first kappa shape index (κ1) is 21.1. The van der Waals surface area contributed by atoms with Gasteiger partial charge < -0.3 is 4.74 Å². The zero-order valence-electron chi connectivity index (χ0n) is 17.9. The van der Waals surface area contributed by atoms with Gasteiger partial charge in [0.25, 0.3) is 5.56 Å². The maximum atomic E-state index is 12.9. The van der Waals surface area contributed by atoms with E-state index in [1.165, 1.54) is 15.4 Å². The monoisotopic (exact) mass is 497 g/mol. The molecule has 0 N–H and O–H groups in total. The number of fused-ring (bicyclic) bond motifs is 2. The molecule has 33 heavy (non-hydrogen) atoms. The van der Waals surface area contributed by atoms with Crippen molar-refractivity contribution >= 4 is 43.8 Å². The average molecular weight is 498 g/mol. The van der Waals surface area contributed by atoms with Gasteiger partial charge in [-0.3, -0.25) is 4.79 Å². The van der Waals surface area contributed by atoms with Gasteiger partial charge in [0, 0.05) is 4.47 Å². The fraction of sp³-hybridized carbons (Fsp3) is 0.0741. The normalized spacial score (nSPS) is 11.5. The molecule has 0 saturated heterocycles. The number of halogens is 1. The fourth-order valence-electron chi connectivity index (χ4n) is 3.75. The van der Waals surface area contributed by atoms with Crippen LogP contribution in [0, 0.1) is 6.92 Å². The molecule has 0 amide bonds. The summed E-state index contributed by atoms with van der Waals surface area (Å²) < 4.78 is 8.15. The molecular formula is C27H20BrN3O2. The van der Waals surface area contributed by atoms with E-state index in [1.54, 1.807) is 19.2 Å². The second-order valence-electron chi connectivity index (χ2n) is 7.68. The van der Waals surface area contributed by atoms with Crippen LogP contribution in [-0.4, -0.2) is 15.9 Å².